The lowest BCUT2D eigenvalue weighted by atomic mass is 10.2. The van der Waals surface area contributed by atoms with Crippen LogP contribution in [0, 0.1) is 0 Å². The fourth-order valence-corrected chi connectivity index (χ4v) is 2.47. The summed E-state index contributed by atoms with van der Waals surface area (Å²) in [6.45, 7) is 4.38. The number of carbonyl (C=O) groups is 2. The number of hydrogen-bond acceptors (Lipinski definition) is 4. The lowest BCUT2D eigenvalue weighted by Crippen LogP contribution is -2.49. The van der Waals surface area contributed by atoms with Crippen LogP contribution in [0.5, 0.6) is 0 Å². The Morgan fingerprint density at radius 3 is 2.55 bits per heavy atom. The molecule has 114 valence electrons. The average Bonchev–Trinajstić information content (AvgIpc) is 3.10. The van der Waals surface area contributed by atoms with Gasteiger partial charge in [0, 0.05) is 12.6 Å². The van der Waals surface area contributed by atoms with E-state index in [-0.39, 0.29) is 18.1 Å². The molecule has 1 saturated carbocycles. The number of carboxylic acid groups (broad SMARTS) is 1. The molecular weight excluding hydrogens is 262 g/mol. The Balaban J connectivity index is 1.87. The van der Waals surface area contributed by atoms with Crippen molar-refractivity contribution < 1.29 is 24.2 Å². The van der Waals surface area contributed by atoms with Gasteiger partial charge in [-0.3, -0.25) is 4.79 Å². The second kappa shape index (κ2) is 6.54. The highest BCUT2D eigenvalue weighted by Crippen LogP contribution is 2.29. The van der Waals surface area contributed by atoms with Crippen LogP contribution in [0.2, 0.25) is 0 Å². The number of carboxylic acids is 1. The van der Waals surface area contributed by atoms with Gasteiger partial charge in [-0.25, -0.2) is 4.79 Å². The standard InChI is InChI=1S/C14H23NO5/c1-9(14(17)18)15(11-5-6-11)13(16)10(2)20-8-12-4-3-7-19-12/h9-12H,3-8H2,1-2H3,(H,17,18). The van der Waals surface area contributed by atoms with Gasteiger partial charge in [-0.05, 0) is 39.5 Å². The van der Waals surface area contributed by atoms with E-state index in [2.05, 4.69) is 0 Å². The number of amides is 1. The van der Waals surface area contributed by atoms with Gasteiger partial charge in [0.05, 0.1) is 12.7 Å². The molecule has 2 fully saturated rings. The van der Waals surface area contributed by atoms with E-state index < -0.39 is 18.1 Å². The van der Waals surface area contributed by atoms with E-state index in [4.69, 9.17) is 14.6 Å². The zero-order valence-corrected chi connectivity index (χ0v) is 12.1. The number of aliphatic carboxylic acids is 1. The van der Waals surface area contributed by atoms with E-state index in [9.17, 15) is 9.59 Å². The molecule has 3 atom stereocenters. The van der Waals surface area contributed by atoms with Crippen molar-refractivity contribution in [2.45, 2.75) is 63.8 Å². The number of ether oxygens (including phenoxy) is 2. The van der Waals surface area contributed by atoms with Gasteiger partial charge in [-0.15, -0.1) is 0 Å². The fraction of sp³-hybridized carbons (Fsp3) is 0.857. The van der Waals surface area contributed by atoms with Crippen LogP contribution in [0.1, 0.15) is 39.5 Å². The van der Waals surface area contributed by atoms with Crippen LogP contribution in [0.15, 0.2) is 0 Å². The third kappa shape index (κ3) is 3.70. The van der Waals surface area contributed by atoms with E-state index in [0.717, 1.165) is 32.3 Å². The van der Waals surface area contributed by atoms with Crippen molar-refractivity contribution in [3.63, 3.8) is 0 Å². The zero-order valence-electron chi connectivity index (χ0n) is 12.1. The third-order valence-corrected chi connectivity index (χ3v) is 3.87. The van der Waals surface area contributed by atoms with Crippen LogP contribution in [0.4, 0.5) is 0 Å². The minimum Gasteiger partial charge on any atom is -0.480 e. The predicted molar refractivity (Wildman–Crippen MR) is 71.4 cm³/mol. The van der Waals surface area contributed by atoms with Gasteiger partial charge in [0.25, 0.3) is 5.91 Å². The summed E-state index contributed by atoms with van der Waals surface area (Å²) in [5, 5.41) is 9.11. The van der Waals surface area contributed by atoms with Crippen LogP contribution >= 0.6 is 0 Å². The Kier molecular flexibility index (Phi) is 4.99. The van der Waals surface area contributed by atoms with Crippen molar-refractivity contribution >= 4 is 11.9 Å². The lowest BCUT2D eigenvalue weighted by molar-refractivity contribution is -0.156. The number of nitrogens with zero attached hydrogens (tertiary/aromatic N) is 1. The van der Waals surface area contributed by atoms with Crippen LogP contribution in [0.3, 0.4) is 0 Å². The van der Waals surface area contributed by atoms with Crippen molar-refractivity contribution in [2.24, 2.45) is 0 Å². The largest absolute Gasteiger partial charge is 0.480 e. The van der Waals surface area contributed by atoms with Crippen LogP contribution in [-0.4, -0.2) is 59.4 Å². The highest BCUT2D eigenvalue weighted by molar-refractivity contribution is 5.86. The molecule has 1 saturated heterocycles. The monoisotopic (exact) mass is 285 g/mol. The topological polar surface area (TPSA) is 76.1 Å². The molecule has 1 N–H and O–H groups in total. The predicted octanol–water partition coefficient (Wildman–Crippen LogP) is 1.03. The molecule has 20 heavy (non-hydrogen) atoms. The van der Waals surface area contributed by atoms with Gasteiger partial charge >= 0.3 is 5.97 Å². The summed E-state index contributed by atoms with van der Waals surface area (Å²) >= 11 is 0. The Hall–Kier alpha value is -1.14. The van der Waals surface area contributed by atoms with Gasteiger partial charge in [0.1, 0.15) is 12.1 Å². The van der Waals surface area contributed by atoms with Gasteiger partial charge < -0.3 is 19.5 Å². The van der Waals surface area contributed by atoms with Crippen LogP contribution in [0.25, 0.3) is 0 Å². The van der Waals surface area contributed by atoms with Crippen molar-refractivity contribution in [2.75, 3.05) is 13.2 Å². The van der Waals surface area contributed by atoms with Crippen molar-refractivity contribution in [1.82, 2.24) is 4.90 Å². The molecule has 0 radical (unpaired) electrons. The maximum Gasteiger partial charge on any atom is 0.326 e. The van der Waals surface area contributed by atoms with E-state index in [0.29, 0.717) is 6.61 Å². The molecule has 6 nitrogen and oxygen atoms in total. The highest BCUT2D eigenvalue weighted by atomic mass is 16.5. The summed E-state index contributed by atoms with van der Waals surface area (Å²) in [7, 11) is 0. The first-order valence-corrected chi connectivity index (χ1v) is 7.29. The molecule has 1 aliphatic carbocycles. The van der Waals surface area contributed by atoms with Gasteiger partial charge in [0.15, 0.2) is 0 Å². The summed E-state index contributed by atoms with van der Waals surface area (Å²) in [6, 6.07) is -0.744. The van der Waals surface area contributed by atoms with E-state index in [1.807, 2.05) is 0 Å². The summed E-state index contributed by atoms with van der Waals surface area (Å²) in [5.41, 5.74) is 0. The first kappa shape index (κ1) is 15.3. The molecule has 1 amide bonds. The molecule has 1 aliphatic heterocycles. The second-order valence-electron chi connectivity index (χ2n) is 5.60. The first-order chi connectivity index (χ1) is 9.50. The summed E-state index contributed by atoms with van der Waals surface area (Å²) in [6.07, 6.45) is 3.18. The number of rotatable bonds is 7. The second-order valence-corrected chi connectivity index (χ2v) is 5.60. The molecule has 3 unspecified atom stereocenters. The molecule has 6 heteroatoms. The molecule has 0 bridgehead atoms. The Labute approximate surface area is 119 Å². The molecule has 0 aromatic rings. The molecule has 0 aromatic carbocycles. The third-order valence-electron chi connectivity index (χ3n) is 3.87. The average molecular weight is 285 g/mol. The van der Waals surface area contributed by atoms with Gasteiger partial charge in [-0.2, -0.15) is 0 Å². The number of hydrogen-bond donors (Lipinski definition) is 1. The Morgan fingerprint density at radius 2 is 2.05 bits per heavy atom. The normalized spacial score (nSPS) is 25.2. The van der Waals surface area contributed by atoms with E-state index in [1.165, 1.54) is 4.90 Å². The Morgan fingerprint density at radius 1 is 1.35 bits per heavy atom. The molecular formula is C14H23NO5. The highest BCUT2D eigenvalue weighted by Gasteiger charge is 2.40. The summed E-state index contributed by atoms with van der Waals surface area (Å²) in [4.78, 5) is 24.9. The molecule has 0 spiro atoms. The first-order valence-electron chi connectivity index (χ1n) is 7.29. The van der Waals surface area contributed by atoms with Gasteiger partial charge in [0.2, 0.25) is 0 Å². The maximum absolute atomic E-state index is 12.4. The Bertz CT molecular complexity index is 363. The summed E-state index contributed by atoms with van der Waals surface area (Å²) < 4.78 is 11.0. The lowest BCUT2D eigenvalue weighted by Gasteiger charge is -2.29. The maximum atomic E-state index is 12.4. The minimum absolute atomic E-state index is 0.0578. The minimum atomic E-state index is -0.975. The van der Waals surface area contributed by atoms with E-state index >= 15 is 0 Å². The fourth-order valence-electron chi connectivity index (χ4n) is 2.47. The zero-order chi connectivity index (χ0) is 14.7. The molecule has 2 aliphatic rings. The van der Waals surface area contributed by atoms with Crippen LogP contribution < -0.4 is 0 Å². The summed E-state index contributed by atoms with van der Waals surface area (Å²) in [5.74, 6) is -1.21. The smallest absolute Gasteiger partial charge is 0.326 e. The van der Waals surface area contributed by atoms with Crippen LogP contribution in [-0.2, 0) is 19.1 Å². The van der Waals surface area contributed by atoms with Crippen molar-refractivity contribution in [1.29, 1.82) is 0 Å². The van der Waals surface area contributed by atoms with Crippen molar-refractivity contribution in [3.05, 3.63) is 0 Å². The molecule has 1 heterocycles. The van der Waals surface area contributed by atoms with E-state index in [1.54, 1.807) is 13.8 Å². The van der Waals surface area contributed by atoms with Crippen molar-refractivity contribution in [3.8, 4) is 0 Å². The molecule has 0 aromatic heterocycles. The SMILES string of the molecule is CC(OCC1CCCO1)C(=O)N(C1CC1)C(C)C(=O)O. The molecule has 2 rings (SSSR count). The quantitative estimate of drug-likeness (QED) is 0.756. The number of carbonyl (C=O) groups excluding carboxylic acids is 1. The van der Waals surface area contributed by atoms with Gasteiger partial charge in [-0.1, -0.05) is 0 Å².